The average molecular weight is 363 g/mol. The topological polar surface area (TPSA) is 51.8 Å². The fraction of sp³-hybridized carbons (Fsp3) is 0. The second-order valence-corrected chi connectivity index (χ2v) is 5.17. The van der Waals surface area contributed by atoms with E-state index in [-0.39, 0.29) is 0 Å². The van der Waals surface area contributed by atoms with Crippen molar-refractivity contribution in [2.24, 2.45) is 0 Å². The van der Waals surface area contributed by atoms with Crippen LogP contribution in [0.25, 0.3) is 11.4 Å². The van der Waals surface area contributed by atoms with E-state index in [1.54, 1.807) is 12.3 Å². The van der Waals surface area contributed by atoms with Crippen LogP contribution < -0.4 is 5.73 Å². The number of benzene rings is 1. The van der Waals surface area contributed by atoms with Gasteiger partial charge in [-0.1, -0.05) is 11.6 Å². The fourth-order valence-corrected chi connectivity index (χ4v) is 1.84. The molecular formula is C10H6Br2ClN3. The standard InChI is InChI=1S/C10H6Br2ClN3/c11-6-3-5(1-2-8(6)13)10-15-4-7(12)9(14)16-10/h1-4H,(H2,14,15,16). The van der Waals surface area contributed by atoms with Gasteiger partial charge < -0.3 is 5.73 Å². The predicted molar refractivity (Wildman–Crippen MR) is 72.3 cm³/mol. The average Bonchev–Trinajstić information content (AvgIpc) is 2.26. The molecule has 2 aromatic rings. The van der Waals surface area contributed by atoms with Crippen molar-refractivity contribution >= 4 is 49.3 Å². The maximum absolute atomic E-state index is 5.90. The number of nitrogens with two attached hydrogens (primary N) is 1. The highest BCUT2D eigenvalue weighted by Crippen LogP contribution is 2.28. The molecule has 16 heavy (non-hydrogen) atoms. The first-order chi connectivity index (χ1) is 7.58. The van der Waals surface area contributed by atoms with Crippen molar-refractivity contribution in [3.63, 3.8) is 0 Å². The van der Waals surface area contributed by atoms with Crippen LogP contribution in [-0.4, -0.2) is 9.97 Å². The number of aromatic nitrogens is 2. The van der Waals surface area contributed by atoms with Gasteiger partial charge in [-0.25, -0.2) is 9.97 Å². The van der Waals surface area contributed by atoms with Crippen LogP contribution in [0.2, 0.25) is 5.02 Å². The quantitative estimate of drug-likeness (QED) is 0.836. The zero-order chi connectivity index (χ0) is 11.7. The molecule has 0 saturated carbocycles. The minimum absolute atomic E-state index is 0.413. The lowest BCUT2D eigenvalue weighted by Crippen LogP contribution is -1.96. The molecule has 82 valence electrons. The van der Waals surface area contributed by atoms with Crippen LogP contribution >= 0.6 is 43.5 Å². The van der Waals surface area contributed by atoms with Crippen LogP contribution in [0.5, 0.6) is 0 Å². The fourth-order valence-electron chi connectivity index (χ4n) is 1.15. The third kappa shape index (κ3) is 2.36. The molecule has 1 aromatic heterocycles. The highest BCUT2D eigenvalue weighted by Gasteiger charge is 2.06. The van der Waals surface area contributed by atoms with Gasteiger partial charge in [0, 0.05) is 16.2 Å². The first-order valence-corrected chi connectivity index (χ1v) is 6.28. The van der Waals surface area contributed by atoms with Gasteiger partial charge in [0.25, 0.3) is 0 Å². The summed E-state index contributed by atoms with van der Waals surface area (Å²) in [5.74, 6) is 0.981. The molecule has 0 amide bonds. The molecule has 2 rings (SSSR count). The zero-order valence-electron chi connectivity index (χ0n) is 7.92. The summed E-state index contributed by atoms with van der Waals surface area (Å²) in [4.78, 5) is 8.35. The Bertz CT molecular complexity index is 496. The van der Waals surface area contributed by atoms with Crippen molar-refractivity contribution in [1.82, 2.24) is 9.97 Å². The first kappa shape index (κ1) is 11.8. The Kier molecular flexibility index (Phi) is 3.47. The van der Waals surface area contributed by atoms with Gasteiger partial charge >= 0.3 is 0 Å². The van der Waals surface area contributed by atoms with Gasteiger partial charge in [-0.3, -0.25) is 0 Å². The summed E-state index contributed by atoms with van der Waals surface area (Å²) in [6.45, 7) is 0. The smallest absolute Gasteiger partial charge is 0.161 e. The lowest BCUT2D eigenvalue weighted by Gasteiger charge is -2.03. The lowest BCUT2D eigenvalue weighted by atomic mass is 10.2. The van der Waals surface area contributed by atoms with Crippen LogP contribution in [0.1, 0.15) is 0 Å². The van der Waals surface area contributed by atoms with Gasteiger partial charge in [-0.15, -0.1) is 0 Å². The summed E-state index contributed by atoms with van der Waals surface area (Å²) in [6, 6.07) is 5.48. The highest BCUT2D eigenvalue weighted by atomic mass is 79.9. The van der Waals surface area contributed by atoms with Gasteiger partial charge in [0.15, 0.2) is 5.82 Å². The molecule has 0 aliphatic carbocycles. The Morgan fingerprint density at radius 1 is 1.19 bits per heavy atom. The van der Waals surface area contributed by atoms with Crippen molar-refractivity contribution < 1.29 is 0 Å². The summed E-state index contributed by atoms with van der Waals surface area (Å²) >= 11 is 12.5. The largest absolute Gasteiger partial charge is 0.383 e. The molecule has 6 heteroatoms. The number of rotatable bonds is 1. The molecule has 0 spiro atoms. The summed E-state index contributed by atoms with van der Waals surface area (Å²) in [6.07, 6.45) is 1.63. The summed E-state index contributed by atoms with van der Waals surface area (Å²) in [5.41, 5.74) is 6.55. The third-order valence-electron chi connectivity index (χ3n) is 1.95. The number of anilines is 1. The number of halogens is 3. The number of hydrogen-bond donors (Lipinski definition) is 1. The first-order valence-electron chi connectivity index (χ1n) is 4.31. The molecule has 0 atom stereocenters. The summed E-state index contributed by atoms with van der Waals surface area (Å²) in [7, 11) is 0. The molecule has 2 N–H and O–H groups in total. The van der Waals surface area contributed by atoms with Crippen LogP contribution in [0.3, 0.4) is 0 Å². The van der Waals surface area contributed by atoms with Crippen molar-refractivity contribution in [2.45, 2.75) is 0 Å². The Morgan fingerprint density at radius 2 is 1.94 bits per heavy atom. The van der Waals surface area contributed by atoms with E-state index in [1.807, 2.05) is 12.1 Å². The molecule has 0 aliphatic rings. The number of hydrogen-bond acceptors (Lipinski definition) is 3. The molecule has 1 heterocycles. The van der Waals surface area contributed by atoms with Crippen molar-refractivity contribution in [1.29, 1.82) is 0 Å². The maximum atomic E-state index is 5.90. The van der Waals surface area contributed by atoms with Gasteiger partial charge in [-0.2, -0.15) is 0 Å². The van der Waals surface area contributed by atoms with Crippen LogP contribution in [0, 0.1) is 0 Å². The predicted octanol–water partition coefficient (Wildman–Crippen LogP) is 3.90. The summed E-state index contributed by atoms with van der Waals surface area (Å²) < 4.78 is 1.49. The molecule has 0 fully saturated rings. The third-order valence-corrected chi connectivity index (χ3v) is 3.77. The molecule has 0 aliphatic heterocycles. The molecule has 0 bridgehead atoms. The Labute approximate surface area is 114 Å². The van der Waals surface area contributed by atoms with E-state index in [2.05, 4.69) is 41.8 Å². The Balaban J connectivity index is 2.50. The van der Waals surface area contributed by atoms with E-state index in [4.69, 9.17) is 17.3 Å². The van der Waals surface area contributed by atoms with Crippen LogP contribution in [-0.2, 0) is 0 Å². The zero-order valence-corrected chi connectivity index (χ0v) is 11.8. The van der Waals surface area contributed by atoms with E-state index in [9.17, 15) is 0 Å². The number of nitrogens with zero attached hydrogens (tertiary/aromatic N) is 2. The molecular weight excluding hydrogens is 357 g/mol. The van der Waals surface area contributed by atoms with Gasteiger partial charge in [-0.05, 0) is 50.1 Å². The summed E-state index contributed by atoms with van der Waals surface area (Å²) in [5, 5.41) is 0.647. The maximum Gasteiger partial charge on any atom is 0.161 e. The molecule has 3 nitrogen and oxygen atoms in total. The van der Waals surface area contributed by atoms with Gasteiger partial charge in [0.05, 0.1) is 9.50 Å². The SMILES string of the molecule is Nc1nc(-c2ccc(Cl)c(Br)c2)ncc1Br. The van der Waals surface area contributed by atoms with Crippen LogP contribution in [0.15, 0.2) is 33.3 Å². The minimum Gasteiger partial charge on any atom is -0.383 e. The highest BCUT2D eigenvalue weighted by molar-refractivity contribution is 9.11. The van der Waals surface area contributed by atoms with Gasteiger partial charge in [0.2, 0.25) is 0 Å². The lowest BCUT2D eigenvalue weighted by molar-refractivity contribution is 1.17. The second kappa shape index (κ2) is 4.69. The van der Waals surface area contributed by atoms with Gasteiger partial charge in [0.1, 0.15) is 5.82 Å². The van der Waals surface area contributed by atoms with E-state index < -0.39 is 0 Å². The normalized spacial score (nSPS) is 10.4. The van der Waals surface area contributed by atoms with Crippen molar-refractivity contribution in [3.8, 4) is 11.4 Å². The molecule has 1 aromatic carbocycles. The monoisotopic (exact) mass is 361 g/mol. The molecule has 0 unspecified atom stereocenters. The second-order valence-electron chi connectivity index (χ2n) is 3.06. The Hall–Kier alpha value is -0.650. The van der Waals surface area contributed by atoms with E-state index in [0.29, 0.717) is 21.1 Å². The van der Waals surface area contributed by atoms with Crippen LogP contribution in [0.4, 0.5) is 5.82 Å². The Morgan fingerprint density at radius 3 is 2.56 bits per heavy atom. The van der Waals surface area contributed by atoms with E-state index in [0.717, 1.165) is 10.0 Å². The van der Waals surface area contributed by atoms with E-state index in [1.165, 1.54) is 0 Å². The van der Waals surface area contributed by atoms with Crippen molar-refractivity contribution in [3.05, 3.63) is 38.4 Å². The molecule has 0 saturated heterocycles. The van der Waals surface area contributed by atoms with Crippen molar-refractivity contribution in [2.75, 3.05) is 5.73 Å². The number of nitrogen functional groups attached to an aromatic ring is 1. The minimum atomic E-state index is 0.413. The molecule has 0 radical (unpaired) electrons. The van der Waals surface area contributed by atoms with E-state index >= 15 is 0 Å².